The van der Waals surface area contributed by atoms with Crippen LogP contribution in [0.25, 0.3) is 0 Å². The predicted octanol–water partition coefficient (Wildman–Crippen LogP) is 3.27. The van der Waals surface area contributed by atoms with Crippen molar-refractivity contribution in [1.29, 1.82) is 0 Å². The number of anilines is 1. The molecule has 0 unspecified atom stereocenters. The maximum atomic E-state index is 12.0. The van der Waals surface area contributed by atoms with Crippen LogP contribution in [0.3, 0.4) is 0 Å². The topological polar surface area (TPSA) is 64.9 Å². The van der Waals surface area contributed by atoms with Gasteiger partial charge in [0.05, 0.1) is 11.6 Å². The van der Waals surface area contributed by atoms with Crippen LogP contribution in [0.1, 0.15) is 32.8 Å². The van der Waals surface area contributed by atoms with Gasteiger partial charge in [0.15, 0.2) is 0 Å². The highest BCUT2D eigenvalue weighted by molar-refractivity contribution is 6.53. The number of nitrogens with zero attached hydrogens (tertiary/aromatic N) is 2. The Morgan fingerprint density at radius 2 is 2.04 bits per heavy atom. The Labute approximate surface area is 146 Å². The minimum absolute atomic E-state index is 0.106. The summed E-state index contributed by atoms with van der Waals surface area (Å²) in [6.45, 7) is 7.51. The van der Waals surface area contributed by atoms with Crippen molar-refractivity contribution < 1.29 is 9.90 Å². The third kappa shape index (κ3) is 3.56. The molecular weight excluding hydrogens is 337 g/mol. The number of hydrogen-bond donors (Lipinski definition) is 2. The van der Waals surface area contributed by atoms with Crippen LogP contribution < -0.4 is 10.3 Å². The number of benzene rings is 1. The van der Waals surface area contributed by atoms with Crippen LogP contribution >= 0.6 is 23.2 Å². The number of alkyl halides is 2. The van der Waals surface area contributed by atoms with E-state index in [1.54, 1.807) is 19.1 Å². The first-order chi connectivity index (χ1) is 10.7. The van der Waals surface area contributed by atoms with E-state index in [0.29, 0.717) is 12.0 Å². The Kier molecular flexibility index (Phi) is 5.11. The third-order valence-corrected chi connectivity index (χ3v) is 5.37. The van der Waals surface area contributed by atoms with Gasteiger partial charge in [0.1, 0.15) is 10.1 Å². The molecule has 5 nitrogen and oxygen atoms in total. The maximum absolute atomic E-state index is 12.0. The second kappa shape index (κ2) is 6.57. The Morgan fingerprint density at radius 3 is 2.52 bits per heavy atom. The lowest BCUT2D eigenvalue weighted by Crippen LogP contribution is -2.29. The Bertz CT molecular complexity index is 630. The van der Waals surface area contributed by atoms with E-state index >= 15 is 0 Å². The molecule has 0 bridgehead atoms. The molecule has 1 saturated carbocycles. The van der Waals surface area contributed by atoms with Crippen LogP contribution in [0.2, 0.25) is 0 Å². The highest BCUT2D eigenvalue weighted by Gasteiger charge is 2.68. The molecule has 1 aliphatic carbocycles. The van der Waals surface area contributed by atoms with E-state index in [-0.39, 0.29) is 11.7 Å². The van der Waals surface area contributed by atoms with Crippen molar-refractivity contribution >= 4 is 41.0 Å². The van der Waals surface area contributed by atoms with Crippen LogP contribution in [0, 0.1) is 5.41 Å². The minimum atomic E-state index is -1.03. The first kappa shape index (κ1) is 17.9. The van der Waals surface area contributed by atoms with E-state index < -0.39 is 9.75 Å². The molecule has 0 heterocycles. The average molecular weight is 358 g/mol. The summed E-state index contributed by atoms with van der Waals surface area (Å²) in [5, 5.41) is 14.0. The van der Waals surface area contributed by atoms with Gasteiger partial charge in [-0.3, -0.25) is 4.79 Å². The summed E-state index contributed by atoms with van der Waals surface area (Å²) >= 11 is 11.9. The SMILES string of the molecule is CCN(CC)c1ccc(/C=N\NC(=O)[C@@]2(C)CC2(Cl)Cl)c(O)c1. The summed E-state index contributed by atoms with van der Waals surface area (Å²) in [7, 11) is 0. The zero-order chi connectivity index (χ0) is 17.3. The molecule has 0 aliphatic heterocycles. The molecule has 23 heavy (non-hydrogen) atoms. The molecule has 126 valence electrons. The first-order valence-corrected chi connectivity index (χ1v) is 8.30. The lowest BCUT2D eigenvalue weighted by molar-refractivity contribution is -0.125. The smallest absolute Gasteiger partial charge is 0.249 e. The van der Waals surface area contributed by atoms with Crippen molar-refractivity contribution in [2.24, 2.45) is 10.5 Å². The van der Waals surface area contributed by atoms with Gasteiger partial charge in [0.25, 0.3) is 0 Å². The molecule has 1 aliphatic rings. The quantitative estimate of drug-likeness (QED) is 0.466. The van der Waals surface area contributed by atoms with Crippen LogP contribution in [0.4, 0.5) is 5.69 Å². The van der Waals surface area contributed by atoms with E-state index in [9.17, 15) is 9.90 Å². The fraction of sp³-hybridized carbons (Fsp3) is 0.500. The summed E-state index contributed by atoms with van der Waals surface area (Å²) in [5.74, 6) is -0.230. The lowest BCUT2D eigenvalue weighted by atomic mass is 10.1. The molecule has 0 aromatic heterocycles. The van der Waals surface area contributed by atoms with Gasteiger partial charge in [-0.1, -0.05) is 0 Å². The Hall–Kier alpha value is -1.46. The summed E-state index contributed by atoms with van der Waals surface area (Å²) < 4.78 is -1.03. The van der Waals surface area contributed by atoms with Crippen molar-refractivity contribution in [3.05, 3.63) is 23.8 Å². The number of rotatable bonds is 6. The molecule has 2 rings (SSSR count). The van der Waals surface area contributed by atoms with Gasteiger partial charge >= 0.3 is 0 Å². The number of nitrogens with one attached hydrogen (secondary N) is 1. The number of halogens is 2. The van der Waals surface area contributed by atoms with Gasteiger partial charge in [-0.2, -0.15) is 5.10 Å². The van der Waals surface area contributed by atoms with Gasteiger partial charge in [0, 0.05) is 30.4 Å². The number of amides is 1. The van der Waals surface area contributed by atoms with Crippen molar-refractivity contribution in [1.82, 2.24) is 5.43 Å². The van der Waals surface area contributed by atoms with Crippen LogP contribution in [0.5, 0.6) is 5.75 Å². The molecular formula is C16H21Cl2N3O2. The first-order valence-electron chi connectivity index (χ1n) is 7.54. The fourth-order valence-corrected chi connectivity index (χ4v) is 3.06. The molecule has 1 fully saturated rings. The Balaban J connectivity index is 2.02. The standard InChI is InChI=1S/C16H21Cl2N3O2/c1-4-21(5-2)12-7-6-11(13(22)8-12)9-19-20-14(23)15(3)10-16(15,17)18/h6-9,22H,4-5,10H2,1-3H3,(H,20,23)/b19-9-/t15-/m1/s1. The van der Waals surface area contributed by atoms with Gasteiger partial charge in [-0.15, -0.1) is 23.2 Å². The molecule has 2 N–H and O–H groups in total. The summed E-state index contributed by atoms with van der Waals surface area (Å²) in [4.78, 5) is 14.1. The summed E-state index contributed by atoms with van der Waals surface area (Å²) in [6, 6.07) is 5.34. The fourth-order valence-electron chi connectivity index (χ4n) is 2.36. The Morgan fingerprint density at radius 1 is 1.43 bits per heavy atom. The number of phenols is 1. The third-order valence-electron chi connectivity index (χ3n) is 4.27. The van der Waals surface area contributed by atoms with E-state index in [2.05, 4.69) is 29.3 Å². The predicted molar refractivity (Wildman–Crippen MR) is 94.6 cm³/mol. The number of carbonyl (C=O) groups is 1. The van der Waals surface area contributed by atoms with E-state index in [4.69, 9.17) is 23.2 Å². The number of aromatic hydroxyl groups is 1. The summed E-state index contributed by atoms with van der Waals surface area (Å²) in [5.41, 5.74) is 3.06. The molecule has 1 aromatic rings. The van der Waals surface area contributed by atoms with Gasteiger partial charge in [-0.25, -0.2) is 5.43 Å². The van der Waals surface area contributed by atoms with Crippen molar-refractivity contribution in [3.8, 4) is 5.75 Å². The van der Waals surface area contributed by atoms with E-state index in [1.165, 1.54) is 6.21 Å². The van der Waals surface area contributed by atoms with Crippen molar-refractivity contribution in [2.75, 3.05) is 18.0 Å². The van der Waals surface area contributed by atoms with Gasteiger partial charge in [0.2, 0.25) is 5.91 Å². The molecule has 0 saturated heterocycles. The highest BCUT2D eigenvalue weighted by atomic mass is 35.5. The lowest BCUT2D eigenvalue weighted by Gasteiger charge is -2.21. The number of carbonyl (C=O) groups excluding carboxylic acids is 1. The van der Waals surface area contributed by atoms with E-state index in [0.717, 1.165) is 18.8 Å². The number of hydrazone groups is 1. The van der Waals surface area contributed by atoms with Crippen LogP contribution in [0.15, 0.2) is 23.3 Å². The molecule has 7 heteroatoms. The normalized spacial score (nSPS) is 22.1. The largest absolute Gasteiger partial charge is 0.507 e. The number of phenolic OH excluding ortho intramolecular Hbond substituents is 1. The summed E-state index contributed by atoms with van der Waals surface area (Å²) in [6.07, 6.45) is 1.80. The molecule has 0 radical (unpaired) electrons. The average Bonchev–Trinajstić information content (AvgIpc) is 3.02. The molecule has 0 spiro atoms. The maximum Gasteiger partial charge on any atom is 0.249 e. The second-order valence-electron chi connectivity index (χ2n) is 5.83. The van der Waals surface area contributed by atoms with E-state index in [1.807, 2.05) is 6.07 Å². The second-order valence-corrected chi connectivity index (χ2v) is 7.31. The van der Waals surface area contributed by atoms with Crippen molar-refractivity contribution in [2.45, 2.75) is 31.5 Å². The van der Waals surface area contributed by atoms with Crippen LogP contribution in [-0.4, -0.2) is 34.7 Å². The molecule has 1 atom stereocenters. The molecule has 1 amide bonds. The zero-order valence-corrected chi connectivity index (χ0v) is 14.9. The minimum Gasteiger partial charge on any atom is -0.507 e. The van der Waals surface area contributed by atoms with Crippen LogP contribution in [-0.2, 0) is 4.79 Å². The number of hydrogen-bond acceptors (Lipinski definition) is 4. The van der Waals surface area contributed by atoms with Gasteiger partial charge < -0.3 is 10.0 Å². The molecule has 1 aromatic carbocycles. The van der Waals surface area contributed by atoms with Crippen molar-refractivity contribution in [3.63, 3.8) is 0 Å². The highest BCUT2D eigenvalue weighted by Crippen LogP contribution is 2.63. The van der Waals surface area contributed by atoms with Gasteiger partial charge in [-0.05, 0) is 39.3 Å². The monoisotopic (exact) mass is 357 g/mol. The zero-order valence-electron chi connectivity index (χ0n) is 13.4.